The smallest absolute Gasteiger partial charge is 0.164 e. The van der Waals surface area contributed by atoms with Gasteiger partial charge in [0.05, 0.1) is 5.41 Å². The number of aryl methyl sites for hydroxylation is 2. The summed E-state index contributed by atoms with van der Waals surface area (Å²) < 4.78 is 0. The Kier molecular flexibility index (Phi) is 8.48. The standard InChI is InChI=1S/C59H40N4/c1-37-32-48(38(2)60-36-37)43-20-15-21-44(33-43)49-34-50-47-24-11-14-27-54(47)59(52-25-12-9-22-45(52)46-23-10-13-26-53(46)59)55(50)35-51(49)58-62-56(41-18-7-4-8-19-41)61-57(63-58)42-30-28-40(29-31-42)39-16-5-3-6-17-39/h3-36H,1-2H3. The molecule has 63 heavy (non-hydrogen) atoms. The second-order valence-electron chi connectivity index (χ2n) is 16.7. The van der Waals surface area contributed by atoms with Gasteiger partial charge in [0.2, 0.25) is 0 Å². The Balaban J connectivity index is 1.15. The van der Waals surface area contributed by atoms with Crippen molar-refractivity contribution in [3.8, 4) is 89.8 Å². The maximum Gasteiger partial charge on any atom is 0.164 e. The molecule has 4 heteroatoms. The van der Waals surface area contributed by atoms with Gasteiger partial charge in [0.25, 0.3) is 0 Å². The van der Waals surface area contributed by atoms with Crippen molar-refractivity contribution in [1.82, 2.24) is 19.9 Å². The third kappa shape index (κ3) is 5.83. The van der Waals surface area contributed by atoms with E-state index in [0.29, 0.717) is 17.5 Å². The Morgan fingerprint density at radius 2 is 0.762 bits per heavy atom. The minimum atomic E-state index is -0.538. The van der Waals surface area contributed by atoms with Gasteiger partial charge in [0.15, 0.2) is 17.5 Å². The number of fused-ring (bicyclic) bond motifs is 10. The first-order valence-corrected chi connectivity index (χ1v) is 21.5. The van der Waals surface area contributed by atoms with Crippen LogP contribution in [0.5, 0.6) is 0 Å². The molecule has 0 amide bonds. The predicted octanol–water partition coefficient (Wildman–Crippen LogP) is 14.2. The minimum Gasteiger partial charge on any atom is -0.261 e. The lowest BCUT2D eigenvalue weighted by atomic mass is 9.70. The van der Waals surface area contributed by atoms with Gasteiger partial charge in [0.1, 0.15) is 0 Å². The average Bonchev–Trinajstić information content (AvgIpc) is 3.82. The Hall–Kier alpha value is -8.08. The first kappa shape index (κ1) is 36.7. The van der Waals surface area contributed by atoms with Gasteiger partial charge < -0.3 is 0 Å². The van der Waals surface area contributed by atoms with E-state index in [1.165, 1.54) is 44.5 Å². The molecule has 2 aliphatic carbocycles. The Morgan fingerprint density at radius 1 is 0.302 bits per heavy atom. The fraction of sp³-hybridized carbons (Fsp3) is 0.0508. The Labute approximate surface area is 367 Å². The highest BCUT2D eigenvalue weighted by Crippen LogP contribution is 2.63. The molecule has 0 unspecified atom stereocenters. The predicted molar refractivity (Wildman–Crippen MR) is 256 cm³/mol. The number of hydrogen-bond acceptors (Lipinski definition) is 4. The fourth-order valence-corrected chi connectivity index (χ4v) is 10.1. The molecule has 1 spiro atoms. The SMILES string of the molecule is Cc1cnc(C)c(-c2cccc(-c3cc4c(cc3-c3nc(-c5ccccc5)nc(-c5ccc(-c6ccccc6)cc5)n3)C3(c5ccccc5-c5ccccc53)c3ccccc3-4)c2)c1. The molecule has 2 aromatic heterocycles. The van der Waals surface area contributed by atoms with Crippen LogP contribution in [-0.2, 0) is 5.41 Å². The molecule has 2 aliphatic rings. The zero-order chi connectivity index (χ0) is 42.1. The van der Waals surface area contributed by atoms with Crippen molar-refractivity contribution in [2.75, 3.05) is 0 Å². The van der Waals surface area contributed by atoms with Gasteiger partial charge in [-0.2, -0.15) is 0 Å². The molecule has 0 bridgehead atoms. The molecule has 0 radical (unpaired) electrons. The monoisotopic (exact) mass is 804 g/mol. The van der Waals surface area contributed by atoms with E-state index in [9.17, 15) is 0 Å². The van der Waals surface area contributed by atoms with Crippen LogP contribution in [0.1, 0.15) is 33.5 Å². The summed E-state index contributed by atoms with van der Waals surface area (Å²) in [5, 5.41) is 0. The van der Waals surface area contributed by atoms with Crippen LogP contribution in [0.15, 0.2) is 206 Å². The van der Waals surface area contributed by atoms with Crippen LogP contribution in [0.4, 0.5) is 0 Å². The average molecular weight is 805 g/mol. The lowest BCUT2D eigenvalue weighted by Crippen LogP contribution is -2.26. The van der Waals surface area contributed by atoms with Crippen LogP contribution in [0.2, 0.25) is 0 Å². The summed E-state index contributed by atoms with van der Waals surface area (Å²) in [5.41, 5.74) is 21.1. The van der Waals surface area contributed by atoms with E-state index in [1.807, 2.05) is 30.5 Å². The zero-order valence-electron chi connectivity index (χ0n) is 34.9. The van der Waals surface area contributed by atoms with Crippen LogP contribution in [0.3, 0.4) is 0 Å². The van der Waals surface area contributed by atoms with E-state index in [1.54, 1.807) is 0 Å². The van der Waals surface area contributed by atoms with E-state index >= 15 is 0 Å². The van der Waals surface area contributed by atoms with Crippen LogP contribution in [-0.4, -0.2) is 19.9 Å². The Morgan fingerprint density at radius 3 is 1.38 bits per heavy atom. The van der Waals surface area contributed by atoms with Gasteiger partial charge in [-0.3, -0.25) is 4.98 Å². The van der Waals surface area contributed by atoms with Crippen LogP contribution >= 0.6 is 0 Å². The fourth-order valence-electron chi connectivity index (χ4n) is 10.1. The van der Waals surface area contributed by atoms with E-state index in [-0.39, 0.29) is 0 Å². The third-order valence-corrected chi connectivity index (χ3v) is 13.0. The number of aromatic nitrogens is 4. The lowest BCUT2D eigenvalue weighted by molar-refractivity contribution is 0.794. The molecule has 12 rings (SSSR count). The first-order chi connectivity index (χ1) is 31.0. The molecule has 8 aromatic carbocycles. The van der Waals surface area contributed by atoms with Crippen molar-refractivity contribution in [1.29, 1.82) is 0 Å². The molecular formula is C59H40N4. The number of rotatable bonds is 6. The quantitative estimate of drug-likeness (QED) is 0.168. The first-order valence-electron chi connectivity index (χ1n) is 21.5. The van der Waals surface area contributed by atoms with Crippen molar-refractivity contribution in [3.05, 3.63) is 240 Å². The van der Waals surface area contributed by atoms with Crippen molar-refractivity contribution >= 4 is 0 Å². The van der Waals surface area contributed by atoms with Gasteiger partial charge in [-0.05, 0) is 116 Å². The normalized spacial score (nSPS) is 12.7. The largest absolute Gasteiger partial charge is 0.261 e. The third-order valence-electron chi connectivity index (χ3n) is 13.0. The maximum atomic E-state index is 5.44. The summed E-state index contributed by atoms with van der Waals surface area (Å²) in [6.07, 6.45) is 1.94. The molecule has 0 fully saturated rings. The van der Waals surface area contributed by atoms with Gasteiger partial charge in [-0.1, -0.05) is 176 Å². The van der Waals surface area contributed by atoms with Crippen LogP contribution in [0, 0.1) is 13.8 Å². The number of pyridine rings is 1. The maximum absolute atomic E-state index is 5.44. The van der Waals surface area contributed by atoms with Gasteiger partial charge in [-0.15, -0.1) is 0 Å². The molecule has 0 saturated carbocycles. The molecule has 296 valence electrons. The summed E-state index contributed by atoms with van der Waals surface area (Å²) >= 11 is 0. The summed E-state index contributed by atoms with van der Waals surface area (Å²) in [6, 6.07) is 72.0. The molecule has 0 N–H and O–H groups in total. The van der Waals surface area contributed by atoms with E-state index < -0.39 is 5.41 Å². The topological polar surface area (TPSA) is 51.6 Å². The van der Waals surface area contributed by atoms with Crippen molar-refractivity contribution < 1.29 is 0 Å². The van der Waals surface area contributed by atoms with Gasteiger partial charge >= 0.3 is 0 Å². The molecule has 4 nitrogen and oxygen atoms in total. The number of nitrogens with zero attached hydrogens (tertiary/aromatic N) is 4. The summed E-state index contributed by atoms with van der Waals surface area (Å²) in [5.74, 6) is 1.86. The highest BCUT2D eigenvalue weighted by molar-refractivity contribution is 5.99. The zero-order valence-corrected chi connectivity index (χ0v) is 34.9. The summed E-state index contributed by atoms with van der Waals surface area (Å²) in [6.45, 7) is 4.18. The van der Waals surface area contributed by atoms with E-state index in [4.69, 9.17) is 19.9 Å². The second kappa shape index (κ2) is 14.5. The van der Waals surface area contributed by atoms with Crippen molar-refractivity contribution in [2.24, 2.45) is 0 Å². The second-order valence-corrected chi connectivity index (χ2v) is 16.7. The summed E-state index contributed by atoms with van der Waals surface area (Å²) in [7, 11) is 0. The summed E-state index contributed by atoms with van der Waals surface area (Å²) in [4.78, 5) is 20.8. The number of benzene rings is 8. The van der Waals surface area contributed by atoms with E-state index in [2.05, 4.69) is 190 Å². The highest BCUT2D eigenvalue weighted by atomic mass is 15.0. The Bertz CT molecular complexity index is 3360. The molecule has 0 aliphatic heterocycles. The number of hydrogen-bond donors (Lipinski definition) is 0. The lowest BCUT2D eigenvalue weighted by Gasteiger charge is -2.31. The molecular weight excluding hydrogens is 765 g/mol. The highest BCUT2D eigenvalue weighted by Gasteiger charge is 2.52. The van der Waals surface area contributed by atoms with Crippen LogP contribution < -0.4 is 0 Å². The van der Waals surface area contributed by atoms with Crippen molar-refractivity contribution in [3.63, 3.8) is 0 Å². The van der Waals surface area contributed by atoms with Gasteiger partial charge in [0, 0.05) is 34.1 Å². The molecule has 0 atom stereocenters. The molecule has 10 aromatic rings. The van der Waals surface area contributed by atoms with Gasteiger partial charge in [-0.25, -0.2) is 15.0 Å². The minimum absolute atomic E-state index is 0.538. The molecule has 0 saturated heterocycles. The van der Waals surface area contributed by atoms with Crippen molar-refractivity contribution in [2.45, 2.75) is 19.3 Å². The van der Waals surface area contributed by atoms with E-state index in [0.717, 1.165) is 61.3 Å². The van der Waals surface area contributed by atoms with Crippen LogP contribution in [0.25, 0.3) is 89.8 Å². The molecule has 2 heterocycles.